The molecular weight excluding hydrogens is 184 g/mol. The number of nitrogens with zero attached hydrogens (tertiary/aromatic N) is 1. The summed E-state index contributed by atoms with van der Waals surface area (Å²) in [6.45, 7) is 6.08. The van der Waals surface area contributed by atoms with Gasteiger partial charge >= 0.3 is 0 Å². The molecule has 2 N–H and O–H groups in total. The molecule has 0 radical (unpaired) electrons. The van der Waals surface area contributed by atoms with Crippen molar-refractivity contribution in [3.8, 4) is 0 Å². The van der Waals surface area contributed by atoms with Gasteiger partial charge in [0.2, 0.25) is 0 Å². The molecule has 1 heterocycles. The maximum absolute atomic E-state index is 5.49. The molecule has 3 nitrogen and oxygen atoms in total. The number of aryl methyl sites for hydroxylation is 1. The normalized spacial score (nSPS) is 10.7. The average molecular weight is 200 g/mol. The zero-order chi connectivity index (χ0) is 9.68. The minimum Gasteiger partial charge on any atom is -0.375 e. The van der Waals surface area contributed by atoms with Crippen molar-refractivity contribution in [2.24, 2.45) is 5.73 Å². The van der Waals surface area contributed by atoms with Crippen LogP contribution in [0.2, 0.25) is 0 Å². The topological polar surface area (TPSA) is 48.1 Å². The molecule has 4 heteroatoms. The first-order valence-corrected chi connectivity index (χ1v) is 5.32. The lowest BCUT2D eigenvalue weighted by Crippen LogP contribution is -2.01. The van der Waals surface area contributed by atoms with Gasteiger partial charge in [0.25, 0.3) is 0 Å². The Balaban J connectivity index is 2.59. The van der Waals surface area contributed by atoms with Crippen LogP contribution in [-0.4, -0.2) is 18.1 Å². The first-order chi connectivity index (χ1) is 6.27. The Morgan fingerprint density at radius 3 is 2.92 bits per heavy atom. The van der Waals surface area contributed by atoms with Gasteiger partial charge in [-0.1, -0.05) is 0 Å². The number of nitrogens with two attached hydrogens (primary N) is 1. The van der Waals surface area contributed by atoms with E-state index in [0.29, 0.717) is 13.2 Å². The standard InChI is InChI=1S/C9H16N2OS/c1-3-12-6-9-11-7(2)8(13-9)4-5-10/h3-6,10H2,1-2H3. The third-order valence-corrected chi connectivity index (χ3v) is 2.93. The number of ether oxygens (including phenoxy) is 1. The summed E-state index contributed by atoms with van der Waals surface area (Å²) in [7, 11) is 0. The Kier molecular flexibility index (Phi) is 4.35. The molecule has 1 rings (SSSR count). The molecule has 0 aromatic carbocycles. The van der Waals surface area contributed by atoms with Crippen LogP contribution in [-0.2, 0) is 17.8 Å². The first-order valence-electron chi connectivity index (χ1n) is 4.51. The van der Waals surface area contributed by atoms with Gasteiger partial charge in [0.05, 0.1) is 12.3 Å². The van der Waals surface area contributed by atoms with Crippen molar-refractivity contribution in [3.05, 3.63) is 15.6 Å². The maximum atomic E-state index is 5.49. The van der Waals surface area contributed by atoms with E-state index in [4.69, 9.17) is 10.5 Å². The van der Waals surface area contributed by atoms with Gasteiger partial charge in [0.15, 0.2) is 0 Å². The minimum absolute atomic E-state index is 0.632. The first kappa shape index (κ1) is 10.6. The van der Waals surface area contributed by atoms with Gasteiger partial charge in [-0.25, -0.2) is 4.98 Å². The van der Waals surface area contributed by atoms with E-state index >= 15 is 0 Å². The summed E-state index contributed by atoms with van der Waals surface area (Å²) in [5.74, 6) is 0. The molecule has 0 aliphatic heterocycles. The van der Waals surface area contributed by atoms with E-state index in [1.807, 2.05) is 13.8 Å². The van der Waals surface area contributed by atoms with Crippen molar-refractivity contribution < 1.29 is 4.74 Å². The van der Waals surface area contributed by atoms with Crippen molar-refractivity contribution in [1.82, 2.24) is 4.98 Å². The molecule has 1 aromatic rings. The Bertz CT molecular complexity index is 260. The molecule has 0 atom stereocenters. The molecule has 0 saturated heterocycles. The molecule has 0 unspecified atom stereocenters. The fourth-order valence-electron chi connectivity index (χ4n) is 1.10. The summed E-state index contributed by atoms with van der Waals surface area (Å²) in [5.41, 5.74) is 6.59. The zero-order valence-electron chi connectivity index (χ0n) is 8.17. The van der Waals surface area contributed by atoms with Gasteiger partial charge in [-0.2, -0.15) is 0 Å². The van der Waals surface area contributed by atoms with Crippen LogP contribution in [0, 0.1) is 6.92 Å². The fourth-order valence-corrected chi connectivity index (χ4v) is 2.12. The molecule has 0 saturated carbocycles. The predicted molar refractivity (Wildman–Crippen MR) is 54.9 cm³/mol. The smallest absolute Gasteiger partial charge is 0.119 e. The van der Waals surface area contributed by atoms with Gasteiger partial charge in [0, 0.05) is 11.5 Å². The summed E-state index contributed by atoms with van der Waals surface area (Å²) in [6, 6.07) is 0. The monoisotopic (exact) mass is 200 g/mol. The van der Waals surface area contributed by atoms with Gasteiger partial charge in [-0.3, -0.25) is 0 Å². The highest BCUT2D eigenvalue weighted by Gasteiger charge is 2.05. The third kappa shape index (κ3) is 3.06. The van der Waals surface area contributed by atoms with Crippen molar-refractivity contribution >= 4 is 11.3 Å². The molecule has 1 aromatic heterocycles. The van der Waals surface area contributed by atoms with E-state index in [0.717, 1.165) is 23.7 Å². The quantitative estimate of drug-likeness (QED) is 0.783. The van der Waals surface area contributed by atoms with E-state index < -0.39 is 0 Å². The number of hydrogen-bond donors (Lipinski definition) is 1. The summed E-state index contributed by atoms with van der Waals surface area (Å²) >= 11 is 1.71. The lowest BCUT2D eigenvalue weighted by molar-refractivity contribution is 0.134. The van der Waals surface area contributed by atoms with Crippen molar-refractivity contribution in [1.29, 1.82) is 0 Å². The summed E-state index contributed by atoms with van der Waals surface area (Å²) in [4.78, 5) is 5.69. The molecule has 0 aliphatic rings. The highest BCUT2D eigenvalue weighted by Crippen LogP contribution is 2.18. The minimum atomic E-state index is 0.632. The number of thiazole rings is 1. The molecular formula is C9H16N2OS. The molecule has 74 valence electrons. The van der Waals surface area contributed by atoms with Crippen LogP contribution < -0.4 is 5.73 Å². The third-order valence-electron chi connectivity index (χ3n) is 1.74. The molecule has 0 spiro atoms. The lowest BCUT2D eigenvalue weighted by atomic mass is 10.3. The van der Waals surface area contributed by atoms with Crippen LogP contribution >= 0.6 is 11.3 Å². The van der Waals surface area contributed by atoms with Crippen LogP contribution in [0.4, 0.5) is 0 Å². The number of hydrogen-bond acceptors (Lipinski definition) is 4. The van der Waals surface area contributed by atoms with Crippen molar-refractivity contribution in [2.75, 3.05) is 13.2 Å². The average Bonchev–Trinajstić information content (AvgIpc) is 2.45. The Hall–Kier alpha value is -0.450. The summed E-state index contributed by atoms with van der Waals surface area (Å²) in [5, 5.41) is 1.06. The lowest BCUT2D eigenvalue weighted by Gasteiger charge is -1.94. The van der Waals surface area contributed by atoms with Crippen molar-refractivity contribution in [2.45, 2.75) is 26.9 Å². The van der Waals surface area contributed by atoms with E-state index in [1.165, 1.54) is 4.88 Å². The van der Waals surface area contributed by atoms with Crippen LogP contribution in [0.3, 0.4) is 0 Å². The summed E-state index contributed by atoms with van der Waals surface area (Å²) < 4.78 is 5.28. The fraction of sp³-hybridized carbons (Fsp3) is 0.667. The van der Waals surface area contributed by atoms with Gasteiger partial charge in [0.1, 0.15) is 5.01 Å². The van der Waals surface area contributed by atoms with Crippen LogP contribution in [0.1, 0.15) is 22.5 Å². The second-order valence-corrected chi connectivity index (χ2v) is 3.96. The number of aromatic nitrogens is 1. The number of rotatable bonds is 5. The van der Waals surface area contributed by atoms with Crippen molar-refractivity contribution in [3.63, 3.8) is 0 Å². The maximum Gasteiger partial charge on any atom is 0.119 e. The van der Waals surface area contributed by atoms with Gasteiger partial charge < -0.3 is 10.5 Å². The second kappa shape index (κ2) is 5.32. The van der Waals surface area contributed by atoms with E-state index in [2.05, 4.69) is 4.98 Å². The molecule has 0 fully saturated rings. The molecule has 13 heavy (non-hydrogen) atoms. The molecule has 0 bridgehead atoms. The molecule has 0 amide bonds. The highest BCUT2D eigenvalue weighted by molar-refractivity contribution is 7.11. The van der Waals surface area contributed by atoms with Crippen LogP contribution in [0.25, 0.3) is 0 Å². The van der Waals surface area contributed by atoms with E-state index in [9.17, 15) is 0 Å². The Morgan fingerprint density at radius 1 is 1.54 bits per heavy atom. The van der Waals surface area contributed by atoms with E-state index in [-0.39, 0.29) is 0 Å². The largest absolute Gasteiger partial charge is 0.375 e. The second-order valence-electron chi connectivity index (χ2n) is 2.79. The molecule has 0 aliphatic carbocycles. The summed E-state index contributed by atoms with van der Waals surface area (Å²) in [6.07, 6.45) is 0.926. The van der Waals surface area contributed by atoms with Crippen LogP contribution in [0.5, 0.6) is 0 Å². The Morgan fingerprint density at radius 2 is 2.31 bits per heavy atom. The van der Waals surface area contributed by atoms with Crippen LogP contribution in [0.15, 0.2) is 0 Å². The highest BCUT2D eigenvalue weighted by atomic mass is 32.1. The Labute approximate surface area is 82.9 Å². The van der Waals surface area contributed by atoms with Gasteiger partial charge in [-0.05, 0) is 26.8 Å². The zero-order valence-corrected chi connectivity index (χ0v) is 8.99. The SMILES string of the molecule is CCOCc1nc(C)c(CCN)s1. The van der Waals surface area contributed by atoms with Gasteiger partial charge in [-0.15, -0.1) is 11.3 Å². The predicted octanol–water partition coefficient (Wildman–Crippen LogP) is 1.49. The van der Waals surface area contributed by atoms with E-state index in [1.54, 1.807) is 11.3 Å².